The Kier molecular flexibility index (Phi) is 6.20. The fraction of sp³-hybridized carbons (Fsp3) is 0.727. The summed E-state index contributed by atoms with van der Waals surface area (Å²) in [4.78, 5) is 10.9. The SMILES string of the molecule is CC(=O)Nc1nnc(S(=O)(=O)NCC(C)(C)CCCO)s1. The molecule has 0 aliphatic heterocycles. The van der Waals surface area contributed by atoms with Gasteiger partial charge in [0.2, 0.25) is 15.4 Å². The molecule has 10 heteroatoms. The van der Waals surface area contributed by atoms with Crippen LogP contribution in [-0.2, 0) is 14.8 Å². The Morgan fingerprint density at radius 3 is 2.62 bits per heavy atom. The van der Waals surface area contributed by atoms with Crippen molar-refractivity contribution < 1.29 is 18.3 Å². The number of sulfonamides is 1. The molecule has 0 saturated heterocycles. The van der Waals surface area contributed by atoms with Crippen LogP contribution in [0.1, 0.15) is 33.6 Å². The molecule has 0 saturated carbocycles. The monoisotopic (exact) mass is 336 g/mol. The fourth-order valence-corrected chi connectivity index (χ4v) is 3.75. The lowest BCUT2D eigenvalue weighted by Crippen LogP contribution is -2.34. The van der Waals surface area contributed by atoms with Gasteiger partial charge in [-0.2, -0.15) is 0 Å². The minimum atomic E-state index is -3.75. The number of hydrogen-bond acceptors (Lipinski definition) is 7. The minimum Gasteiger partial charge on any atom is -0.396 e. The van der Waals surface area contributed by atoms with Crippen molar-refractivity contribution in [2.24, 2.45) is 5.41 Å². The molecule has 3 N–H and O–H groups in total. The average Bonchev–Trinajstić information content (AvgIpc) is 2.83. The summed E-state index contributed by atoms with van der Waals surface area (Å²) in [5.41, 5.74) is -0.277. The third-order valence-electron chi connectivity index (χ3n) is 2.67. The zero-order valence-corrected chi connectivity index (χ0v) is 13.8. The van der Waals surface area contributed by atoms with Gasteiger partial charge < -0.3 is 10.4 Å². The average molecular weight is 336 g/mol. The number of hydrogen-bond donors (Lipinski definition) is 3. The highest BCUT2D eigenvalue weighted by Gasteiger charge is 2.25. The van der Waals surface area contributed by atoms with Crippen LogP contribution in [0.15, 0.2) is 4.34 Å². The number of aromatic nitrogens is 2. The highest BCUT2D eigenvalue weighted by atomic mass is 32.2. The number of aliphatic hydroxyl groups excluding tert-OH is 1. The van der Waals surface area contributed by atoms with Gasteiger partial charge in [-0.1, -0.05) is 25.2 Å². The van der Waals surface area contributed by atoms with E-state index < -0.39 is 10.0 Å². The summed E-state index contributed by atoms with van der Waals surface area (Å²) >= 11 is 0.792. The van der Waals surface area contributed by atoms with E-state index in [1.165, 1.54) is 6.92 Å². The molecule has 1 heterocycles. The van der Waals surface area contributed by atoms with E-state index in [0.717, 1.165) is 11.3 Å². The van der Waals surface area contributed by atoms with E-state index in [9.17, 15) is 13.2 Å². The number of amides is 1. The lowest BCUT2D eigenvalue weighted by atomic mass is 9.88. The minimum absolute atomic E-state index is 0.0760. The maximum absolute atomic E-state index is 12.1. The number of carbonyl (C=O) groups excluding carboxylic acids is 1. The lowest BCUT2D eigenvalue weighted by Gasteiger charge is -2.24. The molecule has 1 aromatic heterocycles. The van der Waals surface area contributed by atoms with Crippen molar-refractivity contribution in [3.63, 3.8) is 0 Å². The molecule has 0 aliphatic rings. The van der Waals surface area contributed by atoms with Gasteiger partial charge in [-0.25, -0.2) is 13.1 Å². The Bertz CT molecular complexity index is 583. The number of nitrogens with one attached hydrogen (secondary N) is 2. The van der Waals surface area contributed by atoms with Crippen molar-refractivity contribution in [2.75, 3.05) is 18.5 Å². The van der Waals surface area contributed by atoms with Crippen LogP contribution in [0.2, 0.25) is 0 Å². The second kappa shape index (κ2) is 7.25. The van der Waals surface area contributed by atoms with Gasteiger partial charge in [-0.3, -0.25) is 4.79 Å². The predicted octanol–water partition coefficient (Wildman–Crippen LogP) is 0.573. The highest BCUT2D eigenvalue weighted by molar-refractivity contribution is 7.91. The molecule has 0 bridgehead atoms. The van der Waals surface area contributed by atoms with E-state index in [1.807, 2.05) is 13.8 Å². The first-order valence-corrected chi connectivity index (χ1v) is 8.68. The maximum atomic E-state index is 12.1. The van der Waals surface area contributed by atoms with Gasteiger partial charge in [0.1, 0.15) is 0 Å². The molecule has 0 fully saturated rings. The molecule has 0 aromatic carbocycles. The quantitative estimate of drug-likeness (QED) is 0.597. The zero-order chi connectivity index (χ0) is 16.1. The summed E-state index contributed by atoms with van der Waals surface area (Å²) in [5, 5.41) is 18.5. The van der Waals surface area contributed by atoms with Gasteiger partial charge in [0, 0.05) is 20.1 Å². The molecule has 1 amide bonds. The van der Waals surface area contributed by atoms with Crippen molar-refractivity contribution in [3.8, 4) is 0 Å². The standard InChI is InChI=1S/C11H20N4O4S2/c1-8(17)13-9-14-15-10(20-9)21(18,19)12-7-11(2,3)5-4-6-16/h12,16H,4-7H2,1-3H3,(H,13,14,17). The predicted molar refractivity (Wildman–Crippen MR) is 79.5 cm³/mol. The second-order valence-electron chi connectivity index (χ2n) is 5.37. The van der Waals surface area contributed by atoms with Crippen molar-refractivity contribution in [1.82, 2.24) is 14.9 Å². The van der Waals surface area contributed by atoms with Gasteiger partial charge in [0.25, 0.3) is 10.0 Å². The smallest absolute Gasteiger partial charge is 0.269 e. The van der Waals surface area contributed by atoms with E-state index in [1.54, 1.807) is 0 Å². The van der Waals surface area contributed by atoms with E-state index >= 15 is 0 Å². The van der Waals surface area contributed by atoms with Crippen LogP contribution < -0.4 is 10.0 Å². The molecule has 0 atom stereocenters. The molecule has 120 valence electrons. The third kappa shape index (κ3) is 6.04. The molecular weight excluding hydrogens is 316 g/mol. The van der Waals surface area contributed by atoms with Crippen molar-refractivity contribution in [1.29, 1.82) is 0 Å². The number of aliphatic hydroxyl groups is 1. The first kappa shape index (κ1) is 18.0. The van der Waals surface area contributed by atoms with Gasteiger partial charge in [-0.15, -0.1) is 10.2 Å². The molecule has 1 rings (SSSR count). The van der Waals surface area contributed by atoms with E-state index in [2.05, 4.69) is 20.2 Å². The van der Waals surface area contributed by atoms with E-state index in [4.69, 9.17) is 5.11 Å². The van der Waals surface area contributed by atoms with Crippen LogP contribution in [0.3, 0.4) is 0 Å². The Morgan fingerprint density at radius 2 is 2.05 bits per heavy atom. The van der Waals surface area contributed by atoms with Gasteiger partial charge in [0.05, 0.1) is 0 Å². The molecule has 0 radical (unpaired) electrons. The summed E-state index contributed by atoms with van der Waals surface area (Å²) in [6.45, 7) is 5.43. The summed E-state index contributed by atoms with van der Waals surface area (Å²) in [7, 11) is -3.75. The molecule has 0 spiro atoms. The number of rotatable bonds is 8. The zero-order valence-electron chi connectivity index (χ0n) is 12.2. The topological polar surface area (TPSA) is 121 Å². The number of anilines is 1. The third-order valence-corrected chi connectivity index (χ3v) is 5.28. The molecule has 1 aromatic rings. The summed E-state index contributed by atoms with van der Waals surface area (Å²) in [6.07, 6.45) is 1.31. The molecule has 21 heavy (non-hydrogen) atoms. The molecule has 0 unspecified atom stereocenters. The van der Waals surface area contributed by atoms with Crippen LogP contribution >= 0.6 is 11.3 Å². The van der Waals surface area contributed by atoms with Crippen molar-refractivity contribution in [3.05, 3.63) is 0 Å². The molecule has 8 nitrogen and oxygen atoms in total. The van der Waals surface area contributed by atoms with Crippen molar-refractivity contribution in [2.45, 2.75) is 38.0 Å². The van der Waals surface area contributed by atoms with Crippen LogP contribution in [0.4, 0.5) is 5.13 Å². The fourth-order valence-electron chi connectivity index (χ4n) is 1.52. The van der Waals surface area contributed by atoms with Crippen molar-refractivity contribution >= 4 is 32.4 Å². The van der Waals surface area contributed by atoms with E-state index in [0.29, 0.717) is 12.8 Å². The highest BCUT2D eigenvalue weighted by Crippen LogP contribution is 2.23. The second-order valence-corrected chi connectivity index (χ2v) is 8.29. The normalized spacial score (nSPS) is 12.4. The van der Waals surface area contributed by atoms with Gasteiger partial charge in [-0.05, 0) is 18.3 Å². The number of carbonyl (C=O) groups is 1. The maximum Gasteiger partial charge on any atom is 0.269 e. The summed E-state index contributed by atoms with van der Waals surface area (Å²) in [5.74, 6) is -0.340. The Hall–Kier alpha value is -1.10. The Balaban J connectivity index is 2.69. The largest absolute Gasteiger partial charge is 0.396 e. The number of nitrogens with zero attached hydrogens (tertiary/aromatic N) is 2. The van der Waals surface area contributed by atoms with Crippen LogP contribution in [0.5, 0.6) is 0 Å². The molecular formula is C11H20N4O4S2. The Morgan fingerprint density at radius 1 is 1.38 bits per heavy atom. The first-order chi connectivity index (χ1) is 9.66. The van der Waals surface area contributed by atoms with Gasteiger partial charge in [0.15, 0.2) is 0 Å². The van der Waals surface area contributed by atoms with Gasteiger partial charge >= 0.3 is 0 Å². The van der Waals surface area contributed by atoms with Crippen LogP contribution in [-0.4, -0.2) is 42.8 Å². The van der Waals surface area contributed by atoms with Crippen LogP contribution in [0.25, 0.3) is 0 Å². The first-order valence-electron chi connectivity index (χ1n) is 6.38. The summed E-state index contributed by atoms with van der Waals surface area (Å²) < 4.78 is 26.5. The summed E-state index contributed by atoms with van der Waals surface area (Å²) in [6, 6.07) is 0. The van der Waals surface area contributed by atoms with E-state index in [-0.39, 0.29) is 33.9 Å². The van der Waals surface area contributed by atoms with Crippen LogP contribution in [0, 0.1) is 5.41 Å². The lowest BCUT2D eigenvalue weighted by molar-refractivity contribution is -0.114. The molecule has 0 aliphatic carbocycles. The Labute approximate surface area is 128 Å².